The smallest absolute Gasteiger partial charge is 0.393 e. The summed E-state index contributed by atoms with van der Waals surface area (Å²) in [6, 6.07) is 0. The molecule has 0 saturated heterocycles. The van der Waals surface area contributed by atoms with Gasteiger partial charge in [-0.3, -0.25) is 9.78 Å². The van der Waals surface area contributed by atoms with Gasteiger partial charge in [0, 0.05) is 0 Å². The Labute approximate surface area is 138 Å². The molecule has 24 heavy (non-hydrogen) atoms. The lowest BCUT2D eigenvalue weighted by molar-refractivity contribution is -0.231. The minimum atomic E-state index is -1.62. The molecule has 0 rings (SSSR count). The maximum atomic E-state index is 11.8. The Balaban J connectivity index is 5.89. The highest BCUT2D eigenvalue weighted by Crippen LogP contribution is 2.30. The van der Waals surface area contributed by atoms with E-state index < -0.39 is 29.1 Å². The quantitative estimate of drug-likeness (QED) is 0.248. The van der Waals surface area contributed by atoms with Crippen molar-refractivity contribution in [3.05, 3.63) is 11.8 Å². The van der Waals surface area contributed by atoms with Gasteiger partial charge in [-0.05, 0) is 24.7 Å². The van der Waals surface area contributed by atoms with E-state index in [1.54, 1.807) is 27.7 Å². The second-order valence-corrected chi connectivity index (χ2v) is 6.05. The van der Waals surface area contributed by atoms with Crippen LogP contribution in [0.25, 0.3) is 0 Å². The molecule has 0 unspecified atom stereocenters. The molecule has 0 aromatic carbocycles. The Kier molecular flexibility index (Phi) is 8.78. The van der Waals surface area contributed by atoms with Gasteiger partial charge in [0.15, 0.2) is 11.2 Å². The fourth-order valence-corrected chi connectivity index (χ4v) is 2.20. The molecule has 0 fully saturated rings. The van der Waals surface area contributed by atoms with Gasteiger partial charge in [0.25, 0.3) is 0 Å². The van der Waals surface area contributed by atoms with Gasteiger partial charge in [-0.2, -0.15) is 15.6 Å². The molecule has 0 atom stereocenters. The Morgan fingerprint density at radius 3 is 1.88 bits per heavy atom. The average molecular weight is 346 g/mol. The molecule has 10 heteroatoms. The maximum Gasteiger partial charge on any atom is 0.393 e. The first-order valence-corrected chi connectivity index (χ1v) is 7.17. The van der Waals surface area contributed by atoms with E-state index in [-0.39, 0.29) is 24.7 Å². The molecular formula is C14H22N2O8. The number of aliphatic carboxylic acids is 1. The predicted octanol–water partition coefficient (Wildman–Crippen LogP) is 2.27. The zero-order valence-corrected chi connectivity index (χ0v) is 13.9. The van der Waals surface area contributed by atoms with Crippen LogP contribution in [0.2, 0.25) is 0 Å². The van der Waals surface area contributed by atoms with Gasteiger partial charge in [-0.25, -0.2) is 14.4 Å². The van der Waals surface area contributed by atoms with Crippen LogP contribution < -0.4 is 0 Å². The van der Waals surface area contributed by atoms with E-state index in [9.17, 15) is 19.5 Å². The van der Waals surface area contributed by atoms with Crippen molar-refractivity contribution in [3.63, 3.8) is 0 Å². The largest absolute Gasteiger partial charge is 0.479 e. The van der Waals surface area contributed by atoms with Gasteiger partial charge in [0.05, 0.1) is 6.08 Å². The van der Waals surface area contributed by atoms with Crippen molar-refractivity contribution < 1.29 is 39.8 Å². The third-order valence-corrected chi connectivity index (χ3v) is 2.88. The maximum absolute atomic E-state index is 11.8. The lowest BCUT2D eigenvalue weighted by Crippen LogP contribution is -2.39. The van der Waals surface area contributed by atoms with Crippen LogP contribution in [0, 0.1) is 11.8 Å². The van der Waals surface area contributed by atoms with Crippen molar-refractivity contribution >= 4 is 17.9 Å². The van der Waals surface area contributed by atoms with Crippen LogP contribution in [0.1, 0.15) is 40.5 Å². The normalized spacial score (nSPS) is 12.8. The SMILES string of the molecule is CC(C)CC(CC(C)C)(N=NC(=CC(=O)OO)C(=O)OO)C(=O)O. The molecule has 10 nitrogen and oxygen atoms in total. The van der Waals surface area contributed by atoms with Gasteiger partial charge < -0.3 is 5.11 Å². The Morgan fingerprint density at radius 1 is 1.04 bits per heavy atom. The summed E-state index contributed by atoms with van der Waals surface area (Å²) in [4.78, 5) is 40.9. The topological polar surface area (TPSA) is 155 Å². The molecule has 0 aliphatic rings. The highest BCUT2D eigenvalue weighted by molar-refractivity contribution is 5.95. The lowest BCUT2D eigenvalue weighted by atomic mass is 9.82. The first-order chi connectivity index (χ1) is 11.1. The fourth-order valence-electron chi connectivity index (χ4n) is 2.20. The summed E-state index contributed by atoms with van der Waals surface area (Å²) in [5.74, 6) is -4.16. The van der Waals surface area contributed by atoms with Crippen LogP contribution >= 0.6 is 0 Å². The van der Waals surface area contributed by atoms with Crippen molar-refractivity contribution in [3.8, 4) is 0 Å². The number of carbonyl (C=O) groups excluding carboxylic acids is 2. The molecule has 0 radical (unpaired) electrons. The molecule has 0 amide bonds. The molecule has 0 aromatic heterocycles. The van der Waals surface area contributed by atoms with Gasteiger partial charge in [-0.15, -0.1) is 5.11 Å². The van der Waals surface area contributed by atoms with E-state index in [1.165, 1.54) is 0 Å². The lowest BCUT2D eigenvalue weighted by Gasteiger charge is -2.27. The molecule has 3 N–H and O–H groups in total. The fraction of sp³-hybridized carbons (Fsp3) is 0.643. The number of hydrogen-bond donors (Lipinski definition) is 3. The molecule has 0 heterocycles. The van der Waals surface area contributed by atoms with E-state index in [0.717, 1.165) is 0 Å². The first-order valence-electron chi connectivity index (χ1n) is 7.17. The third kappa shape index (κ3) is 6.84. The number of hydrogen-bond acceptors (Lipinski definition) is 9. The number of carboxylic acid groups (broad SMARTS) is 1. The third-order valence-electron chi connectivity index (χ3n) is 2.88. The van der Waals surface area contributed by atoms with Crippen LogP contribution in [-0.2, 0) is 24.2 Å². The summed E-state index contributed by atoms with van der Waals surface area (Å²) in [5.41, 5.74) is -2.45. The first kappa shape index (κ1) is 21.7. The van der Waals surface area contributed by atoms with Crippen molar-refractivity contribution in [2.75, 3.05) is 0 Å². The highest BCUT2D eigenvalue weighted by Gasteiger charge is 2.40. The molecule has 0 aromatic rings. The highest BCUT2D eigenvalue weighted by atomic mass is 17.1. The number of carbonyl (C=O) groups is 3. The molecule has 136 valence electrons. The zero-order valence-electron chi connectivity index (χ0n) is 13.9. The van der Waals surface area contributed by atoms with E-state index in [1.807, 2.05) is 0 Å². The summed E-state index contributed by atoms with van der Waals surface area (Å²) >= 11 is 0. The Hall–Kier alpha value is -2.33. The van der Waals surface area contributed by atoms with Gasteiger partial charge >= 0.3 is 17.9 Å². The number of rotatable bonds is 9. The van der Waals surface area contributed by atoms with E-state index in [2.05, 4.69) is 20.0 Å². The molecular weight excluding hydrogens is 324 g/mol. The minimum Gasteiger partial charge on any atom is -0.479 e. The van der Waals surface area contributed by atoms with E-state index >= 15 is 0 Å². The number of nitrogens with zero attached hydrogens (tertiary/aromatic N) is 2. The standard InChI is InChI=1S/C14H22N2O8/c1-8(2)6-14(13(19)20,7-9(3)4)16-15-10(12(18)24-22)5-11(17)23-21/h5,8-9,21-22H,6-7H2,1-4H3,(H,19,20). The van der Waals surface area contributed by atoms with Gasteiger partial charge in [0.1, 0.15) is 0 Å². The monoisotopic (exact) mass is 346 g/mol. The molecule has 0 spiro atoms. The van der Waals surface area contributed by atoms with E-state index in [0.29, 0.717) is 6.08 Å². The predicted molar refractivity (Wildman–Crippen MR) is 79.7 cm³/mol. The molecule has 0 bridgehead atoms. The molecule has 0 aliphatic heterocycles. The summed E-state index contributed by atoms with van der Waals surface area (Å²) in [6.45, 7) is 7.20. The Morgan fingerprint density at radius 2 is 1.54 bits per heavy atom. The summed E-state index contributed by atoms with van der Waals surface area (Å²) in [5, 5.41) is 33.4. The van der Waals surface area contributed by atoms with Gasteiger partial charge in [0.2, 0.25) is 0 Å². The van der Waals surface area contributed by atoms with Crippen LogP contribution in [-0.4, -0.2) is 39.1 Å². The Bertz CT molecular complexity index is 515. The minimum absolute atomic E-state index is 0.0431. The van der Waals surface area contributed by atoms with Crippen LogP contribution in [0.15, 0.2) is 22.0 Å². The summed E-state index contributed by atoms with van der Waals surface area (Å²) in [7, 11) is 0. The molecule has 0 aliphatic carbocycles. The summed E-state index contributed by atoms with van der Waals surface area (Å²) in [6.07, 6.45) is 0.672. The average Bonchev–Trinajstić information content (AvgIpc) is 2.48. The van der Waals surface area contributed by atoms with E-state index in [4.69, 9.17) is 10.5 Å². The second kappa shape index (κ2) is 9.73. The van der Waals surface area contributed by atoms with Crippen LogP contribution in [0.3, 0.4) is 0 Å². The van der Waals surface area contributed by atoms with Crippen molar-refractivity contribution in [1.82, 2.24) is 0 Å². The zero-order chi connectivity index (χ0) is 18.9. The molecule has 0 saturated carbocycles. The number of carboxylic acids is 1. The number of azo groups is 1. The second-order valence-electron chi connectivity index (χ2n) is 6.05. The summed E-state index contributed by atoms with van der Waals surface area (Å²) < 4.78 is 0. The van der Waals surface area contributed by atoms with Crippen molar-refractivity contribution in [2.24, 2.45) is 22.1 Å². The van der Waals surface area contributed by atoms with Crippen LogP contribution in [0.4, 0.5) is 0 Å². The van der Waals surface area contributed by atoms with Crippen LogP contribution in [0.5, 0.6) is 0 Å². The van der Waals surface area contributed by atoms with Crippen molar-refractivity contribution in [1.29, 1.82) is 0 Å². The van der Waals surface area contributed by atoms with Crippen molar-refractivity contribution in [2.45, 2.75) is 46.1 Å². The van der Waals surface area contributed by atoms with Gasteiger partial charge in [-0.1, -0.05) is 27.7 Å².